The Balaban J connectivity index is 2.18. The van der Waals surface area contributed by atoms with Gasteiger partial charge < -0.3 is 11.1 Å². The summed E-state index contributed by atoms with van der Waals surface area (Å²) in [7, 11) is 0. The van der Waals surface area contributed by atoms with Gasteiger partial charge in [-0.05, 0) is 30.3 Å². The number of nitrogens with zero attached hydrogens (tertiary/aromatic N) is 2. The molecule has 1 aromatic carbocycles. The van der Waals surface area contributed by atoms with Crippen LogP contribution in [0, 0.1) is 0 Å². The van der Waals surface area contributed by atoms with Crippen LogP contribution in [0.1, 0.15) is 20.8 Å². The van der Waals surface area contributed by atoms with Gasteiger partial charge in [0.2, 0.25) is 5.91 Å². The maximum absolute atomic E-state index is 11.9. The number of carbonyl (C=O) groups excluding carboxylic acids is 2. The Morgan fingerprint density at radius 3 is 2.40 bits per heavy atom. The lowest BCUT2D eigenvalue weighted by molar-refractivity contribution is 0.0998. The summed E-state index contributed by atoms with van der Waals surface area (Å²) < 4.78 is 0. The van der Waals surface area contributed by atoms with Crippen LogP contribution in [-0.4, -0.2) is 22.0 Å². The van der Waals surface area contributed by atoms with E-state index >= 15 is 0 Å². The molecule has 0 spiro atoms. The Kier molecular flexibility index (Phi) is 4.16. The number of hydrogen-bond donors (Lipinski definition) is 2. The van der Waals surface area contributed by atoms with Gasteiger partial charge in [0.15, 0.2) is 10.8 Å². The molecule has 0 saturated carbocycles. The molecule has 0 aliphatic carbocycles. The van der Waals surface area contributed by atoms with E-state index in [2.05, 4.69) is 15.5 Å². The molecule has 1 heterocycles. The molecule has 102 valence electrons. The molecular formula is C12H8Cl2N4O2. The second kappa shape index (κ2) is 5.85. The van der Waals surface area contributed by atoms with Gasteiger partial charge in [-0.2, -0.15) is 0 Å². The summed E-state index contributed by atoms with van der Waals surface area (Å²) in [5.41, 5.74) is 5.81. The van der Waals surface area contributed by atoms with Gasteiger partial charge >= 0.3 is 0 Å². The zero-order valence-corrected chi connectivity index (χ0v) is 11.4. The second-order valence-electron chi connectivity index (χ2n) is 3.75. The van der Waals surface area contributed by atoms with Crippen molar-refractivity contribution in [1.82, 2.24) is 10.2 Å². The van der Waals surface area contributed by atoms with Gasteiger partial charge in [-0.3, -0.25) is 9.59 Å². The molecule has 2 aromatic rings. The summed E-state index contributed by atoms with van der Waals surface area (Å²) in [6.07, 6.45) is 0. The van der Waals surface area contributed by atoms with E-state index in [0.717, 1.165) is 0 Å². The zero-order chi connectivity index (χ0) is 14.7. The molecule has 0 saturated heterocycles. The second-order valence-corrected chi connectivity index (χ2v) is 4.55. The van der Waals surface area contributed by atoms with E-state index < -0.39 is 11.8 Å². The van der Waals surface area contributed by atoms with Crippen LogP contribution in [0.25, 0.3) is 0 Å². The first-order valence-electron chi connectivity index (χ1n) is 5.37. The minimum atomic E-state index is -0.642. The maximum atomic E-state index is 11.9. The van der Waals surface area contributed by atoms with E-state index in [1.165, 1.54) is 30.3 Å². The fourth-order valence-electron chi connectivity index (χ4n) is 1.42. The molecule has 0 unspecified atom stereocenters. The molecule has 0 aliphatic heterocycles. The number of amides is 2. The van der Waals surface area contributed by atoms with Crippen molar-refractivity contribution in [3.63, 3.8) is 0 Å². The molecule has 3 N–H and O–H groups in total. The summed E-state index contributed by atoms with van der Waals surface area (Å²) >= 11 is 11.5. The van der Waals surface area contributed by atoms with E-state index in [0.29, 0.717) is 5.69 Å². The predicted molar refractivity (Wildman–Crippen MR) is 75.0 cm³/mol. The molecule has 0 radical (unpaired) electrons. The summed E-state index contributed by atoms with van der Waals surface area (Å²) in [6.45, 7) is 0. The monoisotopic (exact) mass is 310 g/mol. The number of nitrogens with two attached hydrogens (primary N) is 1. The van der Waals surface area contributed by atoms with Gasteiger partial charge in [0, 0.05) is 5.69 Å². The Morgan fingerprint density at radius 1 is 1.10 bits per heavy atom. The standard InChI is InChI=1S/C12H8Cl2N4O2/c13-8-5-6(1-2-7(8)11(15)19)16-12(20)9-3-4-10(14)18-17-9/h1-5H,(H2,15,19)(H,16,20). The van der Waals surface area contributed by atoms with Crippen LogP contribution < -0.4 is 11.1 Å². The van der Waals surface area contributed by atoms with Crippen LogP contribution in [0.3, 0.4) is 0 Å². The van der Waals surface area contributed by atoms with Crippen molar-refractivity contribution in [3.05, 3.63) is 51.8 Å². The molecule has 2 rings (SSSR count). The van der Waals surface area contributed by atoms with Crippen molar-refractivity contribution in [1.29, 1.82) is 0 Å². The molecule has 20 heavy (non-hydrogen) atoms. The maximum Gasteiger partial charge on any atom is 0.276 e. The molecule has 0 aliphatic rings. The first-order chi connectivity index (χ1) is 9.47. The average Bonchev–Trinajstić information content (AvgIpc) is 2.39. The highest BCUT2D eigenvalue weighted by Crippen LogP contribution is 2.21. The Morgan fingerprint density at radius 2 is 1.85 bits per heavy atom. The van der Waals surface area contributed by atoms with Gasteiger partial charge in [-0.1, -0.05) is 23.2 Å². The van der Waals surface area contributed by atoms with Gasteiger partial charge in [0.1, 0.15) is 0 Å². The Bertz CT molecular complexity index is 674. The number of rotatable bonds is 3. The van der Waals surface area contributed by atoms with Crippen molar-refractivity contribution < 1.29 is 9.59 Å². The lowest BCUT2D eigenvalue weighted by atomic mass is 10.2. The van der Waals surface area contributed by atoms with Crippen molar-refractivity contribution >= 4 is 40.7 Å². The van der Waals surface area contributed by atoms with E-state index in [4.69, 9.17) is 28.9 Å². The lowest BCUT2D eigenvalue weighted by Crippen LogP contribution is -2.15. The van der Waals surface area contributed by atoms with E-state index in [1.807, 2.05) is 0 Å². The summed E-state index contributed by atoms with van der Waals surface area (Å²) in [5, 5.41) is 10.1. The number of primary amides is 1. The van der Waals surface area contributed by atoms with Crippen LogP contribution in [0.2, 0.25) is 10.2 Å². The Labute approximate surface area is 123 Å². The van der Waals surface area contributed by atoms with Crippen molar-refractivity contribution in [2.24, 2.45) is 5.73 Å². The topological polar surface area (TPSA) is 98.0 Å². The number of benzene rings is 1. The minimum absolute atomic E-state index is 0.101. The minimum Gasteiger partial charge on any atom is -0.366 e. The molecule has 0 bridgehead atoms. The molecular weight excluding hydrogens is 303 g/mol. The number of anilines is 1. The Hall–Kier alpha value is -2.18. The highest BCUT2D eigenvalue weighted by Gasteiger charge is 2.11. The molecule has 6 nitrogen and oxygen atoms in total. The number of halogens is 2. The fourth-order valence-corrected chi connectivity index (χ4v) is 1.80. The van der Waals surface area contributed by atoms with Crippen molar-refractivity contribution in [3.8, 4) is 0 Å². The smallest absolute Gasteiger partial charge is 0.276 e. The lowest BCUT2D eigenvalue weighted by Gasteiger charge is -2.06. The molecule has 0 fully saturated rings. The van der Waals surface area contributed by atoms with E-state index in [9.17, 15) is 9.59 Å². The third kappa shape index (κ3) is 3.23. The van der Waals surface area contributed by atoms with Gasteiger partial charge in [-0.15, -0.1) is 10.2 Å². The van der Waals surface area contributed by atoms with Crippen LogP contribution in [0.4, 0.5) is 5.69 Å². The quantitative estimate of drug-likeness (QED) is 0.907. The number of nitrogens with one attached hydrogen (secondary N) is 1. The average molecular weight is 311 g/mol. The first-order valence-corrected chi connectivity index (χ1v) is 6.13. The molecule has 2 amide bonds. The highest BCUT2D eigenvalue weighted by atomic mass is 35.5. The summed E-state index contributed by atoms with van der Waals surface area (Å²) in [6, 6.07) is 7.24. The van der Waals surface area contributed by atoms with Crippen molar-refractivity contribution in [2.45, 2.75) is 0 Å². The molecule has 1 aromatic heterocycles. The SMILES string of the molecule is NC(=O)c1ccc(NC(=O)c2ccc(Cl)nn2)cc1Cl. The van der Waals surface area contributed by atoms with Crippen LogP contribution in [-0.2, 0) is 0 Å². The predicted octanol–water partition coefficient (Wildman–Crippen LogP) is 2.13. The van der Waals surface area contributed by atoms with Crippen molar-refractivity contribution in [2.75, 3.05) is 5.32 Å². The number of hydrogen-bond acceptors (Lipinski definition) is 4. The third-order valence-electron chi connectivity index (χ3n) is 2.36. The first kappa shape index (κ1) is 14.2. The summed E-state index contributed by atoms with van der Waals surface area (Å²) in [4.78, 5) is 22.9. The highest BCUT2D eigenvalue weighted by molar-refractivity contribution is 6.34. The van der Waals surface area contributed by atoms with Gasteiger partial charge in [0.05, 0.1) is 10.6 Å². The summed E-state index contributed by atoms with van der Waals surface area (Å²) in [5.74, 6) is -1.12. The van der Waals surface area contributed by atoms with E-state index in [-0.39, 0.29) is 21.4 Å². The molecule has 8 heteroatoms. The number of aromatic nitrogens is 2. The molecule has 0 atom stereocenters. The van der Waals surface area contributed by atoms with E-state index in [1.54, 1.807) is 0 Å². The van der Waals surface area contributed by atoms with Gasteiger partial charge in [0.25, 0.3) is 5.91 Å². The fraction of sp³-hybridized carbons (Fsp3) is 0. The van der Waals surface area contributed by atoms with Gasteiger partial charge in [-0.25, -0.2) is 0 Å². The largest absolute Gasteiger partial charge is 0.366 e. The normalized spacial score (nSPS) is 10.1. The third-order valence-corrected chi connectivity index (χ3v) is 2.87. The van der Waals surface area contributed by atoms with Crippen LogP contribution in [0.5, 0.6) is 0 Å². The zero-order valence-electron chi connectivity index (χ0n) is 9.93. The van der Waals surface area contributed by atoms with Crippen LogP contribution in [0.15, 0.2) is 30.3 Å². The van der Waals surface area contributed by atoms with Crippen LogP contribution >= 0.6 is 23.2 Å². The number of carbonyl (C=O) groups is 2.